The second kappa shape index (κ2) is 3.56. The summed E-state index contributed by atoms with van der Waals surface area (Å²) in [4.78, 5) is 0. The van der Waals surface area contributed by atoms with Crippen molar-refractivity contribution in [3.05, 3.63) is 0 Å². The largest absolute Gasteiger partial charge is 0.312 e. The maximum atomic E-state index is 3.61. The fourth-order valence-electron chi connectivity index (χ4n) is 2.38. The number of nitrogens with one attached hydrogen (secondary N) is 1. The molecule has 2 rings (SSSR count). The highest BCUT2D eigenvalue weighted by atomic mass is 32.2. The molecular weight excluding hydrogens is 168 g/mol. The van der Waals surface area contributed by atoms with Crippen LogP contribution in [-0.4, -0.2) is 42.5 Å². The van der Waals surface area contributed by atoms with Gasteiger partial charge in [-0.2, -0.15) is 0 Å². The molecule has 2 aliphatic heterocycles. The smallest absolute Gasteiger partial charge is 0.0232 e. The van der Waals surface area contributed by atoms with Gasteiger partial charge in [-0.25, -0.2) is 11.1 Å². The van der Waals surface area contributed by atoms with Crippen LogP contribution < -0.4 is 5.32 Å². The zero-order valence-corrected chi connectivity index (χ0v) is 8.98. The molecule has 0 aromatic heterocycles. The average molecular weight is 188 g/mol. The lowest BCUT2D eigenvalue weighted by molar-refractivity contribution is 0.263. The molecule has 0 saturated carbocycles. The third-order valence-corrected chi connectivity index (χ3v) is 4.72. The van der Waals surface area contributed by atoms with Gasteiger partial charge >= 0.3 is 0 Å². The number of hydrogen-bond donors (Lipinski definition) is 2. The summed E-state index contributed by atoms with van der Waals surface area (Å²) in [5, 5.41) is 3.61. The molecule has 2 nitrogen and oxygen atoms in total. The number of hydrogen-bond acceptors (Lipinski definition) is 2. The van der Waals surface area contributed by atoms with Crippen LogP contribution >= 0.6 is 11.1 Å². The number of fused-ring (bicyclic) bond motifs is 1. The lowest BCUT2D eigenvalue weighted by Gasteiger charge is -2.38. The maximum absolute atomic E-state index is 3.61. The van der Waals surface area contributed by atoms with Gasteiger partial charge in [0.05, 0.1) is 0 Å². The number of thiol groups is 1. The molecule has 0 aliphatic carbocycles. The fraction of sp³-hybridized carbons (Fsp3) is 1.00. The summed E-state index contributed by atoms with van der Waals surface area (Å²) in [5.41, 5.74) is 0. The van der Waals surface area contributed by atoms with Crippen LogP contribution in [0.3, 0.4) is 0 Å². The van der Waals surface area contributed by atoms with Crippen molar-refractivity contribution < 1.29 is 0 Å². The Morgan fingerprint density at radius 1 is 1.33 bits per heavy atom. The SMILES string of the molecule is C[SH](C)N1CCC2CCNC2C1. The number of nitrogens with zero attached hydrogens (tertiary/aromatic N) is 1. The molecule has 0 spiro atoms. The summed E-state index contributed by atoms with van der Waals surface area (Å²) in [7, 11) is 0. The second-order valence-electron chi connectivity index (χ2n) is 4.16. The fourth-order valence-corrected chi connectivity index (χ4v) is 3.40. The highest BCUT2D eigenvalue weighted by Gasteiger charge is 2.32. The maximum Gasteiger partial charge on any atom is 0.0232 e. The number of piperidine rings is 1. The molecule has 2 atom stereocenters. The lowest BCUT2D eigenvalue weighted by atomic mass is 9.94. The minimum absolute atomic E-state index is 0.151. The standard InChI is InChI=1S/C9H20N2S/c1-12(2)11-6-4-8-3-5-10-9(8)7-11/h8-10,12H,3-7H2,1-2H3. The van der Waals surface area contributed by atoms with E-state index < -0.39 is 0 Å². The Hall–Kier alpha value is 0.270. The van der Waals surface area contributed by atoms with Crippen LogP contribution in [0.5, 0.6) is 0 Å². The van der Waals surface area contributed by atoms with Crippen molar-refractivity contribution in [2.45, 2.75) is 18.9 Å². The summed E-state index contributed by atoms with van der Waals surface area (Å²) < 4.78 is 2.66. The average Bonchev–Trinajstić information content (AvgIpc) is 2.49. The van der Waals surface area contributed by atoms with Crippen molar-refractivity contribution in [2.75, 3.05) is 32.1 Å². The molecule has 2 saturated heterocycles. The molecular formula is C9H20N2S. The van der Waals surface area contributed by atoms with Crippen molar-refractivity contribution >= 4 is 11.1 Å². The Bertz CT molecular complexity index is 161. The Labute approximate surface area is 78.2 Å². The summed E-state index contributed by atoms with van der Waals surface area (Å²) in [6.45, 7) is 3.92. The van der Waals surface area contributed by atoms with Crippen LogP contribution in [0.15, 0.2) is 0 Å². The molecule has 2 heterocycles. The van der Waals surface area contributed by atoms with E-state index in [1.165, 1.54) is 32.5 Å². The van der Waals surface area contributed by atoms with E-state index in [4.69, 9.17) is 0 Å². The lowest BCUT2D eigenvalue weighted by Crippen LogP contribution is -2.44. The third-order valence-electron chi connectivity index (χ3n) is 3.22. The molecule has 72 valence electrons. The van der Waals surface area contributed by atoms with Crippen LogP contribution in [0.1, 0.15) is 12.8 Å². The van der Waals surface area contributed by atoms with E-state index in [1.54, 1.807) is 0 Å². The molecule has 12 heavy (non-hydrogen) atoms. The van der Waals surface area contributed by atoms with Crippen LogP contribution in [0.4, 0.5) is 0 Å². The van der Waals surface area contributed by atoms with Crippen LogP contribution in [-0.2, 0) is 0 Å². The predicted octanol–water partition coefficient (Wildman–Crippen LogP) is 0.846. The van der Waals surface area contributed by atoms with Gasteiger partial charge in [0.2, 0.25) is 0 Å². The van der Waals surface area contributed by atoms with E-state index in [1.807, 2.05) is 0 Å². The van der Waals surface area contributed by atoms with Crippen molar-refractivity contribution in [3.63, 3.8) is 0 Å². The van der Waals surface area contributed by atoms with Gasteiger partial charge in [0.25, 0.3) is 0 Å². The van der Waals surface area contributed by atoms with E-state index in [0.29, 0.717) is 0 Å². The Balaban J connectivity index is 1.92. The first-order valence-electron chi connectivity index (χ1n) is 4.93. The third kappa shape index (κ3) is 1.63. The molecule has 2 aliphatic rings. The molecule has 1 N–H and O–H groups in total. The minimum Gasteiger partial charge on any atom is -0.312 e. The van der Waals surface area contributed by atoms with Crippen LogP contribution in [0.25, 0.3) is 0 Å². The summed E-state index contributed by atoms with van der Waals surface area (Å²) >= 11 is 0.151. The normalized spacial score (nSPS) is 38.0. The molecule has 0 amide bonds. The topological polar surface area (TPSA) is 15.3 Å². The van der Waals surface area contributed by atoms with Gasteiger partial charge < -0.3 is 5.32 Å². The summed E-state index contributed by atoms with van der Waals surface area (Å²) in [6, 6.07) is 0.823. The highest BCUT2D eigenvalue weighted by molar-refractivity contribution is 8.13. The zero-order chi connectivity index (χ0) is 8.55. The first kappa shape index (κ1) is 8.85. The van der Waals surface area contributed by atoms with Gasteiger partial charge in [0, 0.05) is 19.1 Å². The van der Waals surface area contributed by atoms with Crippen molar-refractivity contribution in [1.29, 1.82) is 0 Å². The molecule has 0 bridgehead atoms. The minimum atomic E-state index is 0.151. The van der Waals surface area contributed by atoms with Crippen molar-refractivity contribution in [2.24, 2.45) is 5.92 Å². The van der Waals surface area contributed by atoms with Crippen LogP contribution in [0, 0.1) is 5.92 Å². The Kier molecular flexibility index (Phi) is 2.63. The Morgan fingerprint density at radius 3 is 2.92 bits per heavy atom. The monoisotopic (exact) mass is 188 g/mol. The van der Waals surface area contributed by atoms with Crippen LogP contribution in [0.2, 0.25) is 0 Å². The van der Waals surface area contributed by atoms with Gasteiger partial charge in [-0.3, -0.25) is 4.31 Å². The first-order valence-corrected chi connectivity index (χ1v) is 7.12. The van der Waals surface area contributed by atoms with E-state index >= 15 is 0 Å². The molecule has 0 aromatic rings. The number of rotatable bonds is 1. The van der Waals surface area contributed by atoms with Crippen molar-refractivity contribution in [1.82, 2.24) is 9.62 Å². The highest BCUT2D eigenvalue weighted by Crippen LogP contribution is 2.32. The molecule has 2 unspecified atom stereocenters. The van der Waals surface area contributed by atoms with Gasteiger partial charge in [-0.15, -0.1) is 0 Å². The van der Waals surface area contributed by atoms with E-state index in [2.05, 4.69) is 22.1 Å². The zero-order valence-electron chi connectivity index (χ0n) is 8.08. The van der Waals surface area contributed by atoms with Gasteiger partial charge in [0.15, 0.2) is 0 Å². The Morgan fingerprint density at radius 2 is 2.17 bits per heavy atom. The van der Waals surface area contributed by atoms with E-state index in [-0.39, 0.29) is 11.1 Å². The molecule has 0 radical (unpaired) electrons. The predicted molar refractivity (Wildman–Crippen MR) is 56.9 cm³/mol. The summed E-state index contributed by atoms with van der Waals surface area (Å²) in [5.74, 6) is 0.996. The van der Waals surface area contributed by atoms with Gasteiger partial charge in [-0.05, 0) is 37.8 Å². The van der Waals surface area contributed by atoms with E-state index in [9.17, 15) is 0 Å². The molecule has 3 heteroatoms. The quantitative estimate of drug-likeness (QED) is 0.593. The first-order chi connectivity index (χ1) is 5.77. The van der Waals surface area contributed by atoms with Gasteiger partial charge in [-0.1, -0.05) is 0 Å². The summed E-state index contributed by atoms with van der Waals surface area (Å²) in [6.07, 6.45) is 7.58. The van der Waals surface area contributed by atoms with Gasteiger partial charge in [0.1, 0.15) is 0 Å². The molecule has 0 aromatic carbocycles. The molecule has 2 fully saturated rings. The second-order valence-corrected chi connectivity index (χ2v) is 6.42. The van der Waals surface area contributed by atoms with E-state index in [0.717, 1.165) is 12.0 Å². The van der Waals surface area contributed by atoms with Crippen molar-refractivity contribution in [3.8, 4) is 0 Å².